The quantitative estimate of drug-likeness (QED) is 0.911. The van der Waals surface area contributed by atoms with E-state index < -0.39 is 0 Å². The van der Waals surface area contributed by atoms with E-state index >= 15 is 0 Å². The van der Waals surface area contributed by atoms with Gasteiger partial charge in [0, 0.05) is 47.7 Å². The molecule has 1 aromatic carbocycles. The van der Waals surface area contributed by atoms with Crippen LogP contribution in [-0.4, -0.2) is 40.6 Å². The Kier molecular flexibility index (Phi) is 3.68. The number of rotatable bonds is 3. The van der Waals surface area contributed by atoms with Crippen LogP contribution in [0.25, 0.3) is 10.9 Å². The Morgan fingerprint density at radius 1 is 1.50 bits per heavy atom. The lowest BCUT2D eigenvalue weighted by atomic mass is 10.1. The molecule has 0 aliphatic carbocycles. The lowest BCUT2D eigenvalue weighted by Crippen LogP contribution is -2.30. The average molecular weight is 293 g/mol. The first-order chi connectivity index (χ1) is 9.67. The Balaban J connectivity index is 1.75. The van der Waals surface area contributed by atoms with Crippen molar-refractivity contribution in [2.75, 3.05) is 19.7 Å². The lowest BCUT2D eigenvalue weighted by molar-refractivity contribution is -0.129. The largest absolute Gasteiger partial charge is 0.396 e. The first-order valence-corrected chi connectivity index (χ1v) is 7.19. The number of nitrogens with one attached hydrogen (secondary N) is 1. The van der Waals surface area contributed by atoms with Crippen molar-refractivity contribution in [3.63, 3.8) is 0 Å². The molecule has 2 N–H and O–H groups in total. The molecule has 1 atom stereocenters. The van der Waals surface area contributed by atoms with Gasteiger partial charge in [-0.25, -0.2) is 0 Å². The second-order valence-corrected chi connectivity index (χ2v) is 5.79. The van der Waals surface area contributed by atoms with Crippen molar-refractivity contribution in [1.29, 1.82) is 0 Å². The Labute approximate surface area is 122 Å². The molecule has 2 aromatic rings. The Hall–Kier alpha value is -1.52. The molecule has 0 radical (unpaired) electrons. The van der Waals surface area contributed by atoms with Gasteiger partial charge in [0.15, 0.2) is 0 Å². The third-order valence-electron chi connectivity index (χ3n) is 3.97. The number of H-pyrrole nitrogens is 1. The summed E-state index contributed by atoms with van der Waals surface area (Å²) in [6.07, 6.45) is 3.16. The molecule has 1 unspecified atom stereocenters. The highest BCUT2D eigenvalue weighted by Crippen LogP contribution is 2.24. The van der Waals surface area contributed by atoms with E-state index in [0.717, 1.165) is 29.4 Å². The second-order valence-electron chi connectivity index (χ2n) is 5.36. The van der Waals surface area contributed by atoms with E-state index in [1.807, 2.05) is 29.3 Å². The van der Waals surface area contributed by atoms with Gasteiger partial charge in [-0.15, -0.1) is 0 Å². The fraction of sp³-hybridized carbons (Fsp3) is 0.400. The molecule has 106 valence electrons. The van der Waals surface area contributed by atoms with Gasteiger partial charge in [-0.1, -0.05) is 17.7 Å². The summed E-state index contributed by atoms with van der Waals surface area (Å²) < 4.78 is 0. The molecule has 1 aliphatic heterocycles. The van der Waals surface area contributed by atoms with Crippen molar-refractivity contribution in [2.24, 2.45) is 5.92 Å². The summed E-state index contributed by atoms with van der Waals surface area (Å²) in [5.74, 6) is 0.359. The molecule has 3 rings (SSSR count). The van der Waals surface area contributed by atoms with Crippen LogP contribution in [0, 0.1) is 5.92 Å². The SMILES string of the molecule is O=C(Cc1c[nH]c2cc(Cl)ccc12)N1CCC(CO)C1. The lowest BCUT2D eigenvalue weighted by Gasteiger charge is -2.15. The van der Waals surface area contributed by atoms with E-state index in [0.29, 0.717) is 18.0 Å². The topological polar surface area (TPSA) is 56.3 Å². The summed E-state index contributed by atoms with van der Waals surface area (Å²) >= 11 is 5.95. The minimum Gasteiger partial charge on any atom is -0.396 e. The van der Waals surface area contributed by atoms with Crippen LogP contribution in [0.5, 0.6) is 0 Å². The van der Waals surface area contributed by atoms with Gasteiger partial charge in [0.1, 0.15) is 0 Å². The van der Waals surface area contributed by atoms with Crippen molar-refractivity contribution < 1.29 is 9.90 Å². The van der Waals surface area contributed by atoms with Gasteiger partial charge in [0.25, 0.3) is 0 Å². The molecule has 4 nitrogen and oxygen atoms in total. The molecule has 1 fully saturated rings. The van der Waals surface area contributed by atoms with E-state index in [1.54, 1.807) is 0 Å². The number of carbonyl (C=O) groups is 1. The van der Waals surface area contributed by atoms with Crippen LogP contribution >= 0.6 is 11.6 Å². The van der Waals surface area contributed by atoms with Crippen LogP contribution in [0.15, 0.2) is 24.4 Å². The maximum atomic E-state index is 12.3. The molecule has 1 saturated heterocycles. The molecule has 1 aromatic heterocycles. The van der Waals surface area contributed by atoms with E-state index in [9.17, 15) is 4.79 Å². The highest BCUT2D eigenvalue weighted by Gasteiger charge is 2.25. The maximum absolute atomic E-state index is 12.3. The van der Waals surface area contributed by atoms with Gasteiger partial charge in [0.05, 0.1) is 6.42 Å². The zero-order valence-electron chi connectivity index (χ0n) is 11.1. The predicted molar refractivity (Wildman–Crippen MR) is 78.8 cm³/mol. The summed E-state index contributed by atoms with van der Waals surface area (Å²) in [6, 6.07) is 5.64. The van der Waals surface area contributed by atoms with Gasteiger partial charge < -0.3 is 15.0 Å². The number of aromatic amines is 1. The predicted octanol–water partition coefficient (Wildman–Crippen LogP) is 2.20. The van der Waals surface area contributed by atoms with Crippen molar-refractivity contribution in [3.8, 4) is 0 Å². The molecule has 0 spiro atoms. The Morgan fingerprint density at radius 3 is 3.10 bits per heavy atom. The average Bonchev–Trinajstić information content (AvgIpc) is 3.05. The molecule has 1 amide bonds. The Morgan fingerprint density at radius 2 is 2.35 bits per heavy atom. The van der Waals surface area contributed by atoms with Gasteiger partial charge in [-0.05, 0) is 24.1 Å². The number of amides is 1. The molecule has 0 saturated carbocycles. The van der Waals surface area contributed by atoms with Crippen molar-refractivity contribution >= 4 is 28.4 Å². The first-order valence-electron chi connectivity index (χ1n) is 6.81. The molecule has 0 bridgehead atoms. The molecule has 2 heterocycles. The van der Waals surface area contributed by atoms with Crippen LogP contribution in [0.3, 0.4) is 0 Å². The molecular weight excluding hydrogens is 276 g/mol. The van der Waals surface area contributed by atoms with Crippen molar-refractivity contribution in [1.82, 2.24) is 9.88 Å². The van der Waals surface area contributed by atoms with Crippen LogP contribution in [-0.2, 0) is 11.2 Å². The number of aliphatic hydroxyl groups excluding tert-OH is 1. The molecule has 5 heteroatoms. The first kappa shape index (κ1) is 13.5. The molecule has 1 aliphatic rings. The van der Waals surface area contributed by atoms with E-state index in [2.05, 4.69) is 4.98 Å². The Bertz CT molecular complexity index is 638. The summed E-state index contributed by atoms with van der Waals surface area (Å²) in [5, 5.41) is 10.9. The van der Waals surface area contributed by atoms with Gasteiger partial charge in [0.2, 0.25) is 5.91 Å². The van der Waals surface area contributed by atoms with Crippen LogP contribution < -0.4 is 0 Å². The van der Waals surface area contributed by atoms with Crippen molar-refractivity contribution in [3.05, 3.63) is 35.0 Å². The van der Waals surface area contributed by atoms with Gasteiger partial charge in [-0.2, -0.15) is 0 Å². The second kappa shape index (κ2) is 5.46. The summed E-state index contributed by atoms with van der Waals surface area (Å²) in [4.78, 5) is 17.3. The van der Waals surface area contributed by atoms with Crippen LogP contribution in [0.2, 0.25) is 5.02 Å². The number of nitrogens with zero attached hydrogens (tertiary/aromatic N) is 1. The number of hydrogen-bond donors (Lipinski definition) is 2. The minimum atomic E-state index is 0.122. The molecular formula is C15H17ClN2O2. The number of aliphatic hydroxyl groups is 1. The highest BCUT2D eigenvalue weighted by atomic mass is 35.5. The normalized spacial score (nSPS) is 18.9. The van der Waals surface area contributed by atoms with Gasteiger partial charge in [-0.3, -0.25) is 4.79 Å². The molecule has 20 heavy (non-hydrogen) atoms. The number of hydrogen-bond acceptors (Lipinski definition) is 2. The zero-order chi connectivity index (χ0) is 14.1. The van der Waals surface area contributed by atoms with Crippen LogP contribution in [0.1, 0.15) is 12.0 Å². The van der Waals surface area contributed by atoms with Gasteiger partial charge >= 0.3 is 0 Å². The number of benzene rings is 1. The summed E-state index contributed by atoms with van der Waals surface area (Å²) in [6.45, 7) is 1.58. The number of carbonyl (C=O) groups excluding carboxylic acids is 1. The van der Waals surface area contributed by atoms with E-state index in [4.69, 9.17) is 16.7 Å². The third kappa shape index (κ3) is 2.53. The number of halogens is 1. The van der Waals surface area contributed by atoms with E-state index in [1.165, 1.54) is 0 Å². The third-order valence-corrected chi connectivity index (χ3v) is 4.20. The van der Waals surface area contributed by atoms with Crippen molar-refractivity contribution in [2.45, 2.75) is 12.8 Å². The monoisotopic (exact) mass is 292 g/mol. The number of fused-ring (bicyclic) bond motifs is 1. The van der Waals surface area contributed by atoms with E-state index in [-0.39, 0.29) is 18.4 Å². The standard InChI is InChI=1S/C15H17ClN2O2/c16-12-1-2-13-11(7-17-14(13)6-12)5-15(20)18-4-3-10(8-18)9-19/h1-2,6-7,10,17,19H,3-5,8-9H2. The summed E-state index contributed by atoms with van der Waals surface area (Å²) in [5.41, 5.74) is 1.95. The number of likely N-dealkylation sites (tertiary alicyclic amines) is 1. The fourth-order valence-corrected chi connectivity index (χ4v) is 2.96. The fourth-order valence-electron chi connectivity index (χ4n) is 2.79. The van der Waals surface area contributed by atoms with Crippen LogP contribution in [0.4, 0.5) is 0 Å². The smallest absolute Gasteiger partial charge is 0.227 e. The zero-order valence-corrected chi connectivity index (χ0v) is 11.9. The highest BCUT2D eigenvalue weighted by molar-refractivity contribution is 6.31. The summed E-state index contributed by atoms with van der Waals surface area (Å²) in [7, 11) is 0. The minimum absolute atomic E-state index is 0.122. The number of aromatic nitrogens is 1. The maximum Gasteiger partial charge on any atom is 0.227 e.